The van der Waals surface area contributed by atoms with Crippen molar-refractivity contribution in [3.63, 3.8) is 0 Å². The lowest BCUT2D eigenvalue weighted by atomic mass is 10.1. The number of guanidine groups is 1. The second kappa shape index (κ2) is 10.0. The van der Waals surface area contributed by atoms with Gasteiger partial charge in [-0.2, -0.15) is 5.10 Å². The number of amides is 1. The van der Waals surface area contributed by atoms with Crippen molar-refractivity contribution in [3.8, 4) is 0 Å². The Kier molecular flexibility index (Phi) is 7.36. The van der Waals surface area contributed by atoms with Gasteiger partial charge in [0.15, 0.2) is 0 Å². The number of hydrogen-bond donors (Lipinski definition) is 2. The van der Waals surface area contributed by atoms with E-state index in [9.17, 15) is 4.79 Å². The average Bonchev–Trinajstić information content (AvgIpc) is 3.02. The molecule has 0 saturated carbocycles. The van der Waals surface area contributed by atoms with E-state index >= 15 is 0 Å². The Morgan fingerprint density at radius 1 is 1.03 bits per heavy atom. The summed E-state index contributed by atoms with van der Waals surface area (Å²) in [5.41, 5.74) is 7.65. The van der Waals surface area contributed by atoms with Crippen molar-refractivity contribution in [1.29, 1.82) is 0 Å². The second-order valence-electron chi connectivity index (χ2n) is 7.97. The van der Waals surface area contributed by atoms with Crippen molar-refractivity contribution in [2.45, 2.75) is 54.6 Å². The zero-order chi connectivity index (χ0) is 23.4. The Morgan fingerprint density at radius 3 is 2.41 bits per heavy atom. The van der Waals surface area contributed by atoms with Crippen LogP contribution in [0.25, 0.3) is 0 Å². The Labute approximate surface area is 194 Å². The summed E-state index contributed by atoms with van der Waals surface area (Å²) in [4.78, 5) is 17.7. The Hall–Kier alpha value is -3.12. The van der Waals surface area contributed by atoms with Crippen LogP contribution >= 0.6 is 11.6 Å². The highest BCUT2D eigenvalue weighted by Gasteiger charge is 2.14. The summed E-state index contributed by atoms with van der Waals surface area (Å²) < 4.78 is 1.96. The highest BCUT2D eigenvalue weighted by atomic mass is 35.5. The van der Waals surface area contributed by atoms with E-state index in [0.29, 0.717) is 23.1 Å². The molecule has 3 rings (SSSR count). The van der Waals surface area contributed by atoms with Crippen LogP contribution in [0.1, 0.15) is 50.9 Å². The summed E-state index contributed by atoms with van der Waals surface area (Å²) in [5.74, 6) is 0.158. The van der Waals surface area contributed by atoms with E-state index in [4.69, 9.17) is 16.6 Å². The van der Waals surface area contributed by atoms with Crippen molar-refractivity contribution in [3.05, 3.63) is 80.6 Å². The van der Waals surface area contributed by atoms with E-state index in [1.54, 1.807) is 6.07 Å². The molecule has 0 aliphatic rings. The van der Waals surface area contributed by atoms with Crippen molar-refractivity contribution < 1.29 is 4.79 Å². The van der Waals surface area contributed by atoms with Crippen molar-refractivity contribution >= 4 is 29.2 Å². The van der Waals surface area contributed by atoms with Gasteiger partial charge in [0.2, 0.25) is 5.96 Å². The van der Waals surface area contributed by atoms with Gasteiger partial charge in [0.1, 0.15) is 0 Å². The minimum absolute atomic E-state index is 0.219. The van der Waals surface area contributed by atoms with E-state index in [1.807, 2.05) is 69.6 Å². The van der Waals surface area contributed by atoms with Crippen molar-refractivity contribution in [1.82, 2.24) is 15.1 Å². The maximum Gasteiger partial charge on any atom is 0.257 e. The number of carbonyl (C=O) groups excluding carboxylic acids is 1. The number of carbonyl (C=O) groups is 1. The monoisotopic (exact) mass is 451 g/mol. The van der Waals surface area contributed by atoms with Gasteiger partial charge in [0.25, 0.3) is 5.91 Å². The fourth-order valence-electron chi connectivity index (χ4n) is 3.50. The first-order valence-corrected chi connectivity index (χ1v) is 11.1. The lowest BCUT2D eigenvalue weighted by Gasteiger charge is -2.14. The molecule has 0 aliphatic carbocycles. The molecule has 0 saturated heterocycles. The molecular formula is C25H30ClN5O. The third kappa shape index (κ3) is 5.37. The molecule has 32 heavy (non-hydrogen) atoms. The lowest BCUT2D eigenvalue weighted by Crippen LogP contribution is -2.36. The largest absolute Gasteiger partial charge is 0.326 e. The minimum atomic E-state index is -0.219. The molecule has 2 aromatic carbocycles. The molecule has 1 aromatic heterocycles. The molecule has 0 bridgehead atoms. The topological polar surface area (TPSA) is 71.3 Å². The van der Waals surface area contributed by atoms with Gasteiger partial charge in [-0.25, -0.2) is 4.99 Å². The average molecular weight is 452 g/mol. The lowest BCUT2D eigenvalue weighted by molar-refractivity contribution is 0.0977. The molecule has 1 heterocycles. The van der Waals surface area contributed by atoms with Crippen LogP contribution in [0.2, 0.25) is 5.02 Å². The van der Waals surface area contributed by atoms with Crippen LogP contribution in [0.15, 0.2) is 41.4 Å². The van der Waals surface area contributed by atoms with E-state index < -0.39 is 0 Å². The second-order valence-corrected chi connectivity index (χ2v) is 8.40. The third-order valence-electron chi connectivity index (χ3n) is 5.67. The van der Waals surface area contributed by atoms with Crippen LogP contribution in [0.4, 0.5) is 5.69 Å². The Morgan fingerprint density at radius 2 is 1.78 bits per heavy atom. The van der Waals surface area contributed by atoms with Crippen LogP contribution in [-0.4, -0.2) is 21.6 Å². The molecule has 168 valence electrons. The number of anilines is 1. The van der Waals surface area contributed by atoms with Gasteiger partial charge in [0, 0.05) is 34.1 Å². The maximum atomic E-state index is 13.0. The molecule has 1 amide bonds. The smallest absolute Gasteiger partial charge is 0.257 e. The molecule has 0 atom stereocenters. The molecule has 3 aromatic rings. The van der Waals surface area contributed by atoms with E-state index in [1.165, 1.54) is 0 Å². The molecule has 7 heteroatoms. The van der Waals surface area contributed by atoms with Gasteiger partial charge < -0.3 is 5.32 Å². The fourth-order valence-corrected chi connectivity index (χ4v) is 3.72. The molecule has 2 N–H and O–H groups in total. The van der Waals surface area contributed by atoms with Gasteiger partial charge in [-0.1, -0.05) is 17.7 Å². The summed E-state index contributed by atoms with van der Waals surface area (Å²) in [5, 5.41) is 11.4. The van der Waals surface area contributed by atoms with Gasteiger partial charge in [-0.3, -0.25) is 14.8 Å². The van der Waals surface area contributed by atoms with E-state index in [0.717, 1.165) is 45.9 Å². The van der Waals surface area contributed by atoms with Crippen LogP contribution in [0, 0.1) is 34.6 Å². The predicted octanol–water partition coefficient (Wildman–Crippen LogP) is 5.50. The third-order valence-corrected chi connectivity index (χ3v) is 5.90. The minimum Gasteiger partial charge on any atom is -0.326 e. The van der Waals surface area contributed by atoms with Crippen LogP contribution in [0.3, 0.4) is 0 Å². The fraction of sp³-hybridized carbons (Fsp3) is 0.320. The number of nitrogens with one attached hydrogen (secondary N) is 2. The Bertz CT molecular complexity index is 1180. The maximum absolute atomic E-state index is 13.0. The Balaban J connectivity index is 1.91. The first kappa shape index (κ1) is 23.5. The van der Waals surface area contributed by atoms with Gasteiger partial charge in [0.05, 0.1) is 12.2 Å². The number of aromatic nitrogens is 2. The number of rotatable bonds is 5. The number of aryl methyl sites for hydroxylation is 5. The zero-order valence-electron chi connectivity index (χ0n) is 19.5. The molecule has 0 fully saturated rings. The standard InChI is InChI=1S/C25H30ClN5O/c1-7-31-19(6)22(18(5)30-31)14-27-25(28-23-11-10-21(26)13-17(23)4)29-24(32)20-9-8-15(2)16(3)12-20/h8-13H,7,14H2,1-6H3,(H2,27,28,29,32). The highest BCUT2D eigenvalue weighted by Crippen LogP contribution is 2.20. The SMILES string of the molecule is CCn1nc(C)c(CN=C(NC(=O)c2ccc(C)c(C)c2)Nc2ccc(Cl)cc2C)c1C. The quantitative estimate of drug-likeness (QED) is 0.397. The van der Waals surface area contributed by atoms with Crippen LogP contribution in [0.5, 0.6) is 0 Å². The molecule has 0 aliphatic heterocycles. The molecular weight excluding hydrogens is 422 g/mol. The first-order valence-electron chi connectivity index (χ1n) is 10.7. The number of halogens is 1. The highest BCUT2D eigenvalue weighted by molar-refractivity contribution is 6.30. The summed E-state index contributed by atoms with van der Waals surface area (Å²) in [6.07, 6.45) is 0. The van der Waals surface area contributed by atoms with Gasteiger partial charge in [-0.05, 0) is 88.6 Å². The van der Waals surface area contributed by atoms with E-state index in [-0.39, 0.29) is 5.91 Å². The number of nitrogens with zero attached hydrogens (tertiary/aromatic N) is 3. The summed E-state index contributed by atoms with van der Waals surface area (Å²) >= 11 is 6.10. The number of benzene rings is 2. The molecule has 0 spiro atoms. The molecule has 0 unspecified atom stereocenters. The van der Waals surface area contributed by atoms with Crippen LogP contribution < -0.4 is 10.6 Å². The zero-order valence-corrected chi connectivity index (χ0v) is 20.3. The molecule has 6 nitrogen and oxygen atoms in total. The summed E-state index contributed by atoms with van der Waals surface area (Å²) in [7, 11) is 0. The molecule has 0 radical (unpaired) electrons. The van der Waals surface area contributed by atoms with Gasteiger partial charge >= 0.3 is 0 Å². The number of aliphatic imine (C=N–C) groups is 1. The van der Waals surface area contributed by atoms with Crippen molar-refractivity contribution in [2.75, 3.05) is 5.32 Å². The predicted molar refractivity (Wildman–Crippen MR) is 132 cm³/mol. The summed E-state index contributed by atoms with van der Waals surface area (Å²) in [6, 6.07) is 11.2. The van der Waals surface area contributed by atoms with E-state index in [2.05, 4.69) is 22.7 Å². The van der Waals surface area contributed by atoms with Crippen molar-refractivity contribution in [2.24, 2.45) is 4.99 Å². The van der Waals surface area contributed by atoms with Gasteiger partial charge in [-0.15, -0.1) is 0 Å². The number of hydrogen-bond acceptors (Lipinski definition) is 3. The normalized spacial score (nSPS) is 11.5. The van der Waals surface area contributed by atoms with Crippen LogP contribution in [-0.2, 0) is 13.1 Å². The summed E-state index contributed by atoms with van der Waals surface area (Å²) in [6.45, 7) is 13.3. The first-order chi connectivity index (χ1) is 15.2.